The van der Waals surface area contributed by atoms with E-state index in [0.29, 0.717) is 19.4 Å². The third-order valence-corrected chi connectivity index (χ3v) is 4.88. The molecule has 1 aromatic heterocycles. The monoisotopic (exact) mass is 369 g/mol. The number of nitrogens with one attached hydrogen (secondary N) is 1. The zero-order valence-corrected chi connectivity index (χ0v) is 16.2. The van der Waals surface area contributed by atoms with Crippen LogP contribution in [0.15, 0.2) is 54.9 Å². The van der Waals surface area contributed by atoms with Gasteiger partial charge in [0.1, 0.15) is 0 Å². The Hall–Kier alpha value is -2.24. The van der Waals surface area contributed by atoms with Gasteiger partial charge in [-0.3, -0.25) is 9.78 Å². The molecule has 5 nitrogen and oxygen atoms in total. The molecule has 1 amide bonds. The fourth-order valence-corrected chi connectivity index (χ4v) is 3.15. The van der Waals surface area contributed by atoms with E-state index >= 15 is 0 Å². The van der Waals surface area contributed by atoms with Crippen molar-refractivity contribution in [3.8, 4) is 0 Å². The minimum absolute atomic E-state index is 0.0279. The molecule has 1 heterocycles. The molecule has 0 radical (unpaired) electrons. The van der Waals surface area contributed by atoms with Crippen LogP contribution in [0.2, 0.25) is 0 Å². The standard InChI is InChI=1S/C22H31N3O2/c1-16(2)19(22(27)25-12-10-18-9-6-11-24-15-18)14-21(26)20(23)13-17-7-4-3-5-8-17/h3-9,11,15-16,19-21,26H,10,12-14,23H2,1-2H3,(H,25,27)/t19-,20-,21-/m0/s1. The maximum absolute atomic E-state index is 12.6. The number of amides is 1. The van der Waals surface area contributed by atoms with Crippen LogP contribution >= 0.6 is 0 Å². The molecule has 2 rings (SSSR count). The zero-order chi connectivity index (χ0) is 19.6. The highest BCUT2D eigenvalue weighted by Gasteiger charge is 2.27. The Morgan fingerprint density at radius 1 is 1.15 bits per heavy atom. The number of nitrogens with zero attached hydrogens (tertiary/aromatic N) is 1. The normalized spacial score (nSPS) is 14.6. The Morgan fingerprint density at radius 3 is 2.48 bits per heavy atom. The summed E-state index contributed by atoms with van der Waals surface area (Å²) in [5, 5.41) is 13.5. The van der Waals surface area contributed by atoms with Crippen LogP contribution in [-0.2, 0) is 17.6 Å². The summed E-state index contributed by atoms with van der Waals surface area (Å²) in [7, 11) is 0. The quantitative estimate of drug-likeness (QED) is 0.600. The fourth-order valence-electron chi connectivity index (χ4n) is 3.15. The summed E-state index contributed by atoms with van der Waals surface area (Å²) in [6.45, 7) is 4.56. The average Bonchev–Trinajstić information content (AvgIpc) is 2.67. The summed E-state index contributed by atoms with van der Waals surface area (Å²) in [5.41, 5.74) is 8.36. The second kappa shape index (κ2) is 10.8. The van der Waals surface area contributed by atoms with E-state index in [1.165, 1.54) is 0 Å². The van der Waals surface area contributed by atoms with Crippen LogP contribution in [0.1, 0.15) is 31.4 Å². The van der Waals surface area contributed by atoms with E-state index in [0.717, 1.165) is 17.5 Å². The largest absolute Gasteiger partial charge is 0.391 e. The van der Waals surface area contributed by atoms with Crippen LogP contribution in [0.5, 0.6) is 0 Å². The van der Waals surface area contributed by atoms with Gasteiger partial charge >= 0.3 is 0 Å². The molecule has 3 atom stereocenters. The Labute approximate surface area is 162 Å². The van der Waals surface area contributed by atoms with E-state index in [9.17, 15) is 9.90 Å². The van der Waals surface area contributed by atoms with Crippen molar-refractivity contribution in [2.24, 2.45) is 17.6 Å². The highest BCUT2D eigenvalue weighted by atomic mass is 16.3. The van der Waals surface area contributed by atoms with Crippen molar-refractivity contribution in [2.75, 3.05) is 6.54 Å². The number of aliphatic hydroxyl groups excluding tert-OH is 1. The Kier molecular flexibility index (Phi) is 8.43. The van der Waals surface area contributed by atoms with Crippen LogP contribution in [0.3, 0.4) is 0 Å². The number of carbonyl (C=O) groups excluding carboxylic acids is 1. The molecule has 146 valence electrons. The molecule has 0 saturated heterocycles. The molecule has 0 unspecified atom stereocenters. The number of hydrogen-bond acceptors (Lipinski definition) is 4. The van der Waals surface area contributed by atoms with Crippen molar-refractivity contribution in [1.82, 2.24) is 10.3 Å². The first-order valence-electron chi connectivity index (χ1n) is 9.61. The minimum Gasteiger partial charge on any atom is -0.391 e. The molecule has 0 saturated carbocycles. The molecule has 0 spiro atoms. The van der Waals surface area contributed by atoms with Gasteiger partial charge < -0.3 is 16.2 Å². The van der Waals surface area contributed by atoms with Gasteiger partial charge in [0, 0.05) is 30.9 Å². The molecular formula is C22H31N3O2. The molecule has 0 aliphatic rings. The van der Waals surface area contributed by atoms with E-state index in [1.807, 2.05) is 56.3 Å². The number of pyridine rings is 1. The number of benzene rings is 1. The Balaban J connectivity index is 1.84. The van der Waals surface area contributed by atoms with Crippen molar-refractivity contribution in [3.63, 3.8) is 0 Å². The summed E-state index contributed by atoms with van der Waals surface area (Å²) in [4.78, 5) is 16.7. The summed E-state index contributed by atoms with van der Waals surface area (Å²) in [6.07, 6.45) is 4.51. The molecule has 4 N–H and O–H groups in total. The predicted molar refractivity (Wildman–Crippen MR) is 108 cm³/mol. The smallest absolute Gasteiger partial charge is 0.223 e. The second-order valence-corrected chi connectivity index (χ2v) is 7.41. The summed E-state index contributed by atoms with van der Waals surface area (Å²) < 4.78 is 0. The molecule has 0 bridgehead atoms. The number of carbonyl (C=O) groups is 1. The van der Waals surface area contributed by atoms with E-state index < -0.39 is 12.1 Å². The van der Waals surface area contributed by atoms with E-state index in [4.69, 9.17) is 5.73 Å². The van der Waals surface area contributed by atoms with Crippen LogP contribution in [-0.4, -0.2) is 34.7 Å². The van der Waals surface area contributed by atoms with E-state index in [1.54, 1.807) is 12.4 Å². The lowest BCUT2D eigenvalue weighted by Gasteiger charge is -2.26. The molecule has 0 aliphatic heterocycles. The van der Waals surface area contributed by atoms with Crippen LogP contribution < -0.4 is 11.1 Å². The highest BCUT2D eigenvalue weighted by Crippen LogP contribution is 2.20. The third-order valence-electron chi connectivity index (χ3n) is 4.88. The lowest BCUT2D eigenvalue weighted by atomic mass is 9.86. The summed E-state index contributed by atoms with van der Waals surface area (Å²) >= 11 is 0. The van der Waals surface area contributed by atoms with Gasteiger partial charge in [0.15, 0.2) is 0 Å². The molecule has 1 aromatic carbocycles. The van der Waals surface area contributed by atoms with E-state index in [-0.39, 0.29) is 17.7 Å². The highest BCUT2D eigenvalue weighted by molar-refractivity contribution is 5.78. The number of nitrogens with two attached hydrogens (primary N) is 1. The third kappa shape index (κ3) is 7.12. The molecule has 0 fully saturated rings. The molecule has 2 aromatic rings. The zero-order valence-electron chi connectivity index (χ0n) is 16.2. The lowest BCUT2D eigenvalue weighted by Crippen LogP contribution is -2.42. The van der Waals surface area contributed by atoms with Crippen molar-refractivity contribution >= 4 is 5.91 Å². The predicted octanol–water partition coefficient (Wildman–Crippen LogP) is 2.33. The van der Waals surface area contributed by atoms with Crippen molar-refractivity contribution in [1.29, 1.82) is 0 Å². The second-order valence-electron chi connectivity index (χ2n) is 7.41. The molecule has 5 heteroatoms. The number of rotatable bonds is 10. The van der Waals surface area contributed by atoms with Gasteiger partial charge in [0.25, 0.3) is 0 Å². The number of aromatic nitrogens is 1. The first-order chi connectivity index (χ1) is 13.0. The maximum Gasteiger partial charge on any atom is 0.223 e. The topological polar surface area (TPSA) is 88.2 Å². The molecule has 0 aliphatic carbocycles. The average molecular weight is 370 g/mol. The van der Waals surface area contributed by atoms with Crippen LogP contribution in [0.25, 0.3) is 0 Å². The number of aliphatic hydroxyl groups is 1. The SMILES string of the molecule is CC(C)[C@H](C[C@H](O)[C@@H](N)Cc1ccccc1)C(=O)NCCc1cccnc1. The first kappa shape index (κ1) is 21.1. The van der Waals surface area contributed by atoms with Crippen LogP contribution in [0.4, 0.5) is 0 Å². The van der Waals surface area contributed by atoms with Gasteiger partial charge in [0.05, 0.1) is 6.10 Å². The Morgan fingerprint density at radius 2 is 1.85 bits per heavy atom. The van der Waals surface area contributed by atoms with Gasteiger partial charge in [0.2, 0.25) is 5.91 Å². The number of hydrogen-bond donors (Lipinski definition) is 3. The van der Waals surface area contributed by atoms with Gasteiger partial charge in [-0.25, -0.2) is 0 Å². The van der Waals surface area contributed by atoms with E-state index in [2.05, 4.69) is 10.3 Å². The van der Waals surface area contributed by atoms with Crippen molar-refractivity contribution < 1.29 is 9.90 Å². The van der Waals surface area contributed by atoms with Gasteiger partial charge in [-0.1, -0.05) is 50.2 Å². The molecular weight excluding hydrogens is 338 g/mol. The summed E-state index contributed by atoms with van der Waals surface area (Å²) in [5.74, 6) is -0.169. The molecule has 27 heavy (non-hydrogen) atoms. The van der Waals surface area contributed by atoms with Crippen molar-refractivity contribution in [3.05, 3.63) is 66.0 Å². The van der Waals surface area contributed by atoms with Gasteiger partial charge in [-0.2, -0.15) is 0 Å². The van der Waals surface area contributed by atoms with Gasteiger partial charge in [-0.15, -0.1) is 0 Å². The maximum atomic E-state index is 12.6. The summed E-state index contributed by atoms with van der Waals surface area (Å²) in [6, 6.07) is 13.4. The lowest BCUT2D eigenvalue weighted by molar-refractivity contribution is -0.127. The fraction of sp³-hybridized carbons (Fsp3) is 0.455. The van der Waals surface area contributed by atoms with Crippen LogP contribution in [0, 0.1) is 11.8 Å². The van der Waals surface area contributed by atoms with Crippen molar-refractivity contribution in [2.45, 2.75) is 45.3 Å². The van der Waals surface area contributed by atoms with Gasteiger partial charge in [-0.05, 0) is 42.4 Å². The minimum atomic E-state index is -0.721. The first-order valence-corrected chi connectivity index (χ1v) is 9.61. The Bertz CT molecular complexity index is 676.